The van der Waals surface area contributed by atoms with Gasteiger partial charge in [0.2, 0.25) is 0 Å². The van der Waals surface area contributed by atoms with Crippen molar-refractivity contribution in [1.82, 2.24) is 9.55 Å². The lowest BCUT2D eigenvalue weighted by Gasteiger charge is -2.14. The summed E-state index contributed by atoms with van der Waals surface area (Å²) in [6.45, 7) is 5.29. The van der Waals surface area contributed by atoms with Crippen molar-refractivity contribution in [2.75, 3.05) is 13.7 Å². The zero-order valence-electron chi connectivity index (χ0n) is 11.4. The van der Waals surface area contributed by atoms with Gasteiger partial charge in [0.15, 0.2) is 0 Å². The first kappa shape index (κ1) is 13.5. The first-order chi connectivity index (χ1) is 9.04. The Hall–Kier alpha value is -1.88. The number of hydrogen-bond donors (Lipinski definition) is 1. The second kappa shape index (κ2) is 5.40. The molecule has 102 valence electrons. The molecule has 5 nitrogen and oxygen atoms in total. The molecule has 0 amide bonds. The standard InChI is InChI=1S/C14H18N2O3/c1-9(8-19-3)7-16-10(2)15-12-6-4-5-11(13(12)16)14(17)18/h4-6,9H,7-8H2,1-3H3,(H,17,18). The number of benzene rings is 1. The molecular formula is C14H18N2O3. The molecule has 0 saturated heterocycles. The highest BCUT2D eigenvalue weighted by Crippen LogP contribution is 2.22. The number of carboxylic acid groups (broad SMARTS) is 1. The molecule has 0 radical (unpaired) electrons. The number of imidazole rings is 1. The molecule has 1 heterocycles. The minimum Gasteiger partial charge on any atom is -0.478 e. The van der Waals surface area contributed by atoms with E-state index >= 15 is 0 Å². The van der Waals surface area contributed by atoms with Gasteiger partial charge in [-0.1, -0.05) is 13.0 Å². The predicted octanol–water partition coefficient (Wildman–Crippen LogP) is 2.33. The molecule has 0 spiro atoms. The minimum atomic E-state index is -0.925. The monoisotopic (exact) mass is 262 g/mol. The molecule has 0 fully saturated rings. The Morgan fingerprint density at radius 3 is 2.89 bits per heavy atom. The van der Waals surface area contributed by atoms with Crippen molar-refractivity contribution in [2.45, 2.75) is 20.4 Å². The third-order valence-corrected chi connectivity index (χ3v) is 3.13. The van der Waals surface area contributed by atoms with Crippen LogP contribution in [-0.2, 0) is 11.3 Å². The second-order valence-electron chi connectivity index (χ2n) is 4.81. The fourth-order valence-corrected chi connectivity index (χ4v) is 2.35. The van der Waals surface area contributed by atoms with Crippen LogP contribution in [0.2, 0.25) is 0 Å². The maximum Gasteiger partial charge on any atom is 0.337 e. The maximum absolute atomic E-state index is 11.3. The molecule has 0 aliphatic rings. The molecule has 0 aliphatic heterocycles. The fraction of sp³-hybridized carbons (Fsp3) is 0.429. The van der Waals surface area contributed by atoms with Crippen molar-refractivity contribution in [3.05, 3.63) is 29.6 Å². The molecule has 1 aromatic heterocycles. The van der Waals surface area contributed by atoms with Crippen LogP contribution >= 0.6 is 0 Å². The van der Waals surface area contributed by atoms with E-state index in [9.17, 15) is 9.90 Å². The Bertz CT molecular complexity index is 604. The van der Waals surface area contributed by atoms with E-state index in [4.69, 9.17) is 4.74 Å². The average molecular weight is 262 g/mol. The molecule has 1 unspecified atom stereocenters. The highest BCUT2D eigenvalue weighted by atomic mass is 16.5. The molecule has 1 aromatic carbocycles. The van der Waals surface area contributed by atoms with Gasteiger partial charge in [0.25, 0.3) is 0 Å². The topological polar surface area (TPSA) is 64.4 Å². The van der Waals surface area contributed by atoms with E-state index in [1.54, 1.807) is 19.2 Å². The molecule has 1 N–H and O–H groups in total. The van der Waals surface area contributed by atoms with Crippen molar-refractivity contribution in [3.8, 4) is 0 Å². The van der Waals surface area contributed by atoms with Crippen molar-refractivity contribution in [2.24, 2.45) is 5.92 Å². The molecule has 0 saturated carbocycles. The SMILES string of the molecule is COCC(C)Cn1c(C)nc2cccc(C(=O)O)c21. The number of hydrogen-bond acceptors (Lipinski definition) is 3. The molecule has 0 aliphatic carbocycles. The van der Waals surface area contributed by atoms with Crippen LogP contribution in [0.25, 0.3) is 11.0 Å². The lowest BCUT2D eigenvalue weighted by molar-refractivity contribution is 0.0698. The number of fused-ring (bicyclic) bond motifs is 1. The number of ether oxygens (including phenoxy) is 1. The van der Waals surface area contributed by atoms with E-state index in [-0.39, 0.29) is 0 Å². The number of nitrogens with zero attached hydrogens (tertiary/aromatic N) is 2. The van der Waals surface area contributed by atoms with Crippen LogP contribution in [0, 0.1) is 12.8 Å². The molecule has 2 rings (SSSR count). The third-order valence-electron chi connectivity index (χ3n) is 3.13. The van der Waals surface area contributed by atoms with Crippen molar-refractivity contribution in [1.29, 1.82) is 0 Å². The Labute approximate surface area is 111 Å². The zero-order valence-corrected chi connectivity index (χ0v) is 11.4. The quantitative estimate of drug-likeness (QED) is 0.898. The van der Waals surface area contributed by atoms with Crippen LogP contribution < -0.4 is 0 Å². The largest absolute Gasteiger partial charge is 0.478 e. The van der Waals surface area contributed by atoms with Gasteiger partial charge in [-0.25, -0.2) is 9.78 Å². The summed E-state index contributed by atoms with van der Waals surface area (Å²) in [4.78, 5) is 15.8. The van der Waals surface area contributed by atoms with E-state index in [0.717, 1.165) is 11.3 Å². The Morgan fingerprint density at radius 1 is 1.53 bits per heavy atom. The van der Waals surface area contributed by atoms with Gasteiger partial charge in [-0.15, -0.1) is 0 Å². The predicted molar refractivity (Wildman–Crippen MR) is 72.5 cm³/mol. The summed E-state index contributed by atoms with van der Waals surface area (Å²) >= 11 is 0. The summed E-state index contributed by atoms with van der Waals surface area (Å²) in [5.74, 6) is 0.195. The Balaban J connectivity index is 2.53. The first-order valence-electron chi connectivity index (χ1n) is 6.22. The lowest BCUT2D eigenvalue weighted by Crippen LogP contribution is -2.14. The third kappa shape index (κ3) is 2.61. The smallest absolute Gasteiger partial charge is 0.337 e. The normalized spacial score (nSPS) is 12.8. The van der Waals surface area contributed by atoms with E-state index in [2.05, 4.69) is 11.9 Å². The van der Waals surface area contributed by atoms with Crippen LogP contribution in [0.15, 0.2) is 18.2 Å². The average Bonchev–Trinajstić information content (AvgIpc) is 2.66. The van der Waals surface area contributed by atoms with Crippen LogP contribution in [0.4, 0.5) is 0 Å². The zero-order chi connectivity index (χ0) is 14.0. The first-order valence-corrected chi connectivity index (χ1v) is 6.22. The van der Waals surface area contributed by atoms with Crippen molar-refractivity contribution < 1.29 is 14.6 Å². The number of carbonyl (C=O) groups is 1. The summed E-state index contributed by atoms with van der Waals surface area (Å²) < 4.78 is 7.09. The number of methoxy groups -OCH3 is 1. The van der Waals surface area contributed by atoms with Crippen LogP contribution in [0.1, 0.15) is 23.1 Å². The number of rotatable bonds is 5. The summed E-state index contributed by atoms with van der Waals surface area (Å²) in [7, 11) is 1.66. The van der Waals surface area contributed by atoms with Gasteiger partial charge in [0, 0.05) is 13.7 Å². The second-order valence-corrected chi connectivity index (χ2v) is 4.81. The summed E-state index contributed by atoms with van der Waals surface area (Å²) in [6, 6.07) is 5.18. The molecule has 19 heavy (non-hydrogen) atoms. The summed E-state index contributed by atoms with van der Waals surface area (Å²) in [5, 5.41) is 9.29. The number of aromatic nitrogens is 2. The molecule has 1 atom stereocenters. The highest BCUT2D eigenvalue weighted by Gasteiger charge is 2.17. The lowest BCUT2D eigenvalue weighted by atomic mass is 10.1. The molecule has 5 heteroatoms. The number of aromatic carboxylic acids is 1. The fourth-order valence-electron chi connectivity index (χ4n) is 2.35. The highest BCUT2D eigenvalue weighted by molar-refractivity contribution is 6.01. The Morgan fingerprint density at radius 2 is 2.26 bits per heavy atom. The van der Waals surface area contributed by atoms with Gasteiger partial charge < -0.3 is 14.4 Å². The maximum atomic E-state index is 11.3. The summed E-state index contributed by atoms with van der Waals surface area (Å²) in [6.07, 6.45) is 0. The van der Waals surface area contributed by atoms with E-state index in [1.165, 1.54) is 0 Å². The molecular weight excluding hydrogens is 244 g/mol. The van der Waals surface area contributed by atoms with Gasteiger partial charge in [0.05, 0.1) is 23.2 Å². The number of para-hydroxylation sites is 1. The van der Waals surface area contributed by atoms with Gasteiger partial charge >= 0.3 is 5.97 Å². The summed E-state index contributed by atoms with van der Waals surface area (Å²) in [5.41, 5.74) is 1.71. The van der Waals surface area contributed by atoms with Crippen LogP contribution in [0.5, 0.6) is 0 Å². The van der Waals surface area contributed by atoms with E-state index < -0.39 is 5.97 Å². The minimum absolute atomic E-state index is 0.294. The van der Waals surface area contributed by atoms with Gasteiger partial charge in [-0.3, -0.25) is 0 Å². The van der Waals surface area contributed by atoms with Gasteiger partial charge in [-0.05, 0) is 25.0 Å². The molecule has 2 aromatic rings. The van der Waals surface area contributed by atoms with Crippen molar-refractivity contribution >= 4 is 17.0 Å². The number of aryl methyl sites for hydroxylation is 1. The van der Waals surface area contributed by atoms with Gasteiger partial charge in [0.1, 0.15) is 5.82 Å². The molecule has 0 bridgehead atoms. The van der Waals surface area contributed by atoms with Crippen LogP contribution in [0.3, 0.4) is 0 Å². The van der Waals surface area contributed by atoms with Gasteiger partial charge in [-0.2, -0.15) is 0 Å². The number of carboxylic acids is 1. The van der Waals surface area contributed by atoms with Crippen LogP contribution in [-0.4, -0.2) is 34.3 Å². The van der Waals surface area contributed by atoms with Crippen molar-refractivity contribution in [3.63, 3.8) is 0 Å². The Kier molecular flexibility index (Phi) is 3.85. The van der Waals surface area contributed by atoms with E-state index in [0.29, 0.717) is 30.1 Å². The van der Waals surface area contributed by atoms with E-state index in [1.807, 2.05) is 17.6 Å².